The Labute approximate surface area is 121 Å². The summed E-state index contributed by atoms with van der Waals surface area (Å²) >= 11 is 0. The highest BCUT2D eigenvalue weighted by Crippen LogP contribution is 2.41. The number of hydrogen-bond donors (Lipinski definition) is 1. The lowest BCUT2D eigenvalue weighted by atomic mass is 9.88. The third-order valence-electron chi connectivity index (χ3n) is 4.35. The maximum atomic E-state index is 4.66. The van der Waals surface area contributed by atoms with Gasteiger partial charge < -0.3 is 5.32 Å². The van der Waals surface area contributed by atoms with E-state index < -0.39 is 0 Å². The van der Waals surface area contributed by atoms with Gasteiger partial charge in [-0.3, -0.25) is 4.98 Å². The molecular weight excluding hydrogens is 244 g/mol. The molecule has 3 rings (SSSR count). The van der Waals surface area contributed by atoms with E-state index in [1.807, 2.05) is 6.20 Å². The summed E-state index contributed by atoms with van der Waals surface area (Å²) in [5.74, 6) is 0.493. The zero-order valence-corrected chi connectivity index (χ0v) is 12.3. The van der Waals surface area contributed by atoms with E-state index in [0.29, 0.717) is 12.0 Å². The Bertz CT molecular complexity index is 591. The maximum Gasteiger partial charge on any atom is 0.0485 e. The lowest BCUT2D eigenvalue weighted by Gasteiger charge is -2.26. The van der Waals surface area contributed by atoms with Crippen LogP contribution in [0.2, 0.25) is 0 Å². The number of aromatic nitrogens is 1. The van der Waals surface area contributed by atoms with Crippen LogP contribution in [0.3, 0.4) is 0 Å². The minimum atomic E-state index is 0.373. The van der Waals surface area contributed by atoms with Gasteiger partial charge in [-0.25, -0.2) is 0 Å². The van der Waals surface area contributed by atoms with Gasteiger partial charge in [0, 0.05) is 23.9 Å². The van der Waals surface area contributed by atoms with Crippen molar-refractivity contribution in [2.75, 3.05) is 6.54 Å². The van der Waals surface area contributed by atoms with E-state index in [1.54, 1.807) is 0 Å². The number of nitrogens with zero attached hydrogens (tertiary/aromatic N) is 1. The number of likely N-dealkylation sites (N-methyl/N-ethyl adjacent to an activating group) is 1. The molecule has 1 aliphatic carbocycles. The van der Waals surface area contributed by atoms with E-state index in [0.717, 1.165) is 13.0 Å². The first kappa shape index (κ1) is 13.3. The Kier molecular flexibility index (Phi) is 3.83. The van der Waals surface area contributed by atoms with Crippen LogP contribution in [0.1, 0.15) is 47.7 Å². The summed E-state index contributed by atoms with van der Waals surface area (Å²) in [6.07, 6.45) is 4.28. The van der Waals surface area contributed by atoms with Crippen molar-refractivity contribution in [2.24, 2.45) is 0 Å². The standard InChI is InChI=1S/C18H22N2/c1-3-19-18(15-9-5-4-7-13(15)2)16-11-10-14-8-6-12-20-17(14)16/h4-9,12,16,18-19H,3,10-11H2,1-2H3. The van der Waals surface area contributed by atoms with Gasteiger partial charge in [0.25, 0.3) is 0 Å². The van der Waals surface area contributed by atoms with Gasteiger partial charge in [0.2, 0.25) is 0 Å². The summed E-state index contributed by atoms with van der Waals surface area (Å²) in [7, 11) is 0. The van der Waals surface area contributed by atoms with Crippen LogP contribution in [0.25, 0.3) is 0 Å². The molecule has 0 spiro atoms. The first-order chi connectivity index (χ1) is 9.81. The van der Waals surface area contributed by atoms with Gasteiger partial charge in [0.1, 0.15) is 0 Å². The SMILES string of the molecule is CCNC(c1ccccc1C)C1CCc2cccnc21. The van der Waals surface area contributed by atoms with Crippen molar-refractivity contribution in [3.8, 4) is 0 Å². The minimum Gasteiger partial charge on any atom is -0.310 e. The molecule has 2 unspecified atom stereocenters. The molecule has 0 saturated carbocycles. The van der Waals surface area contributed by atoms with E-state index in [9.17, 15) is 0 Å². The van der Waals surface area contributed by atoms with Crippen molar-refractivity contribution in [2.45, 2.75) is 38.6 Å². The van der Waals surface area contributed by atoms with Crippen LogP contribution in [0.4, 0.5) is 0 Å². The summed E-state index contributed by atoms with van der Waals surface area (Å²) in [5.41, 5.74) is 5.50. The molecule has 0 radical (unpaired) electrons. The van der Waals surface area contributed by atoms with Gasteiger partial charge >= 0.3 is 0 Å². The van der Waals surface area contributed by atoms with Crippen molar-refractivity contribution < 1.29 is 0 Å². The van der Waals surface area contributed by atoms with Gasteiger partial charge in [-0.2, -0.15) is 0 Å². The molecule has 20 heavy (non-hydrogen) atoms. The minimum absolute atomic E-state index is 0.373. The molecule has 0 bridgehead atoms. The number of aryl methyl sites for hydroxylation is 2. The van der Waals surface area contributed by atoms with E-state index in [-0.39, 0.29) is 0 Å². The first-order valence-corrected chi connectivity index (χ1v) is 7.54. The molecule has 1 aromatic heterocycles. The second kappa shape index (κ2) is 5.76. The largest absolute Gasteiger partial charge is 0.310 e. The highest BCUT2D eigenvalue weighted by Gasteiger charge is 2.31. The molecule has 1 aromatic carbocycles. The van der Waals surface area contributed by atoms with Crippen LogP contribution in [-0.2, 0) is 6.42 Å². The normalized spacial score (nSPS) is 18.8. The smallest absolute Gasteiger partial charge is 0.0485 e. The molecule has 2 atom stereocenters. The first-order valence-electron chi connectivity index (χ1n) is 7.54. The molecule has 0 saturated heterocycles. The monoisotopic (exact) mass is 266 g/mol. The number of hydrogen-bond acceptors (Lipinski definition) is 2. The van der Waals surface area contributed by atoms with Gasteiger partial charge in [-0.05, 0) is 49.1 Å². The Morgan fingerprint density at radius 2 is 2.10 bits per heavy atom. The fraction of sp³-hybridized carbons (Fsp3) is 0.389. The second-order valence-electron chi connectivity index (χ2n) is 5.58. The Morgan fingerprint density at radius 3 is 2.90 bits per heavy atom. The predicted octanol–water partition coefficient (Wildman–Crippen LogP) is 3.77. The quantitative estimate of drug-likeness (QED) is 0.911. The third kappa shape index (κ3) is 2.36. The fourth-order valence-corrected chi connectivity index (χ4v) is 3.39. The molecule has 2 aromatic rings. The number of nitrogens with one attached hydrogen (secondary N) is 1. The maximum absolute atomic E-state index is 4.66. The summed E-state index contributed by atoms with van der Waals surface area (Å²) in [6, 6.07) is 13.4. The van der Waals surface area contributed by atoms with Crippen LogP contribution in [0.15, 0.2) is 42.6 Å². The highest BCUT2D eigenvalue weighted by atomic mass is 14.9. The van der Waals surface area contributed by atoms with Gasteiger partial charge in [-0.1, -0.05) is 37.3 Å². The van der Waals surface area contributed by atoms with E-state index >= 15 is 0 Å². The van der Waals surface area contributed by atoms with Crippen molar-refractivity contribution >= 4 is 0 Å². The van der Waals surface area contributed by atoms with Crippen LogP contribution in [-0.4, -0.2) is 11.5 Å². The number of rotatable bonds is 4. The van der Waals surface area contributed by atoms with Crippen LogP contribution in [0.5, 0.6) is 0 Å². The van der Waals surface area contributed by atoms with Gasteiger partial charge in [0.05, 0.1) is 0 Å². The third-order valence-corrected chi connectivity index (χ3v) is 4.35. The van der Waals surface area contributed by atoms with E-state index in [4.69, 9.17) is 0 Å². The molecule has 1 heterocycles. The van der Waals surface area contributed by atoms with Crippen molar-refractivity contribution in [1.29, 1.82) is 0 Å². The summed E-state index contributed by atoms with van der Waals surface area (Å²) in [4.78, 5) is 4.66. The Hall–Kier alpha value is -1.67. The second-order valence-corrected chi connectivity index (χ2v) is 5.58. The number of benzene rings is 1. The Balaban J connectivity index is 1.99. The average Bonchev–Trinajstić information content (AvgIpc) is 2.90. The molecule has 1 aliphatic rings. The Morgan fingerprint density at radius 1 is 1.25 bits per heavy atom. The molecular formula is C18H22N2. The van der Waals surface area contributed by atoms with E-state index in [2.05, 4.69) is 60.5 Å². The molecule has 0 fully saturated rings. The highest BCUT2D eigenvalue weighted by molar-refractivity contribution is 5.36. The lowest BCUT2D eigenvalue weighted by molar-refractivity contribution is 0.446. The van der Waals surface area contributed by atoms with Crippen LogP contribution in [0, 0.1) is 6.92 Å². The summed E-state index contributed by atoms with van der Waals surface area (Å²) in [5, 5.41) is 3.68. The average molecular weight is 266 g/mol. The molecule has 2 heteroatoms. The molecule has 1 N–H and O–H groups in total. The molecule has 2 nitrogen and oxygen atoms in total. The van der Waals surface area contributed by atoms with Crippen molar-refractivity contribution in [3.63, 3.8) is 0 Å². The molecule has 0 aliphatic heterocycles. The number of pyridine rings is 1. The fourth-order valence-electron chi connectivity index (χ4n) is 3.39. The molecule has 0 amide bonds. The van der Waals surface area contributed by atoms with Gasteiger partial charge in [0.15, 0.2) is 0 Å². The zero-order chi connectivity index (χ0) is 13.9. The lowest BCUT2D eigenvalue weighted by Crippen LogP contribution is -2.27. The van der Waals surface area contributed by atoms with Crippen LogP contribution >= 0.6 is 0 Å². The van der Waals surface area contributed by atoms with Crippen molar-refractivity contribution in [1.82, 2.24) is 10.3 Å². The summed E-state index contributed by atoms with van der Waals surface area (Å²) < 4.78 is 0. The summed E-state index contributed by atoms with van der Waals surface area (Å²) in [6.45, 7) is 5.37. The zero-order valence-electron chi connectivity index (χ0n) is 12.3. The topological polar surface area (TPSA) is 24.9 Å². The number of fused-ring (bicyclic) bond motifs is 1. The van der Waals surface area contributed by atoms with Gasteiger partial charge in [-0.15, -0.1) is 0 Å². The molecule has 104 valence electrons. The van der Waals surface area contributed by atoms with Crippen LogP contribution < -0.4 is 5.32 Å². The predicted molar refractivity (Wildman–Crippen MR) is 82.9 cm³/mol. The van der Waals surface area contributed by atoms with E-state index in [1.165, 1.54) is 28.8 Å². The van der Waals surface area contributed by atoms with Crippen molar-refractivity contribution in [3.05, 3.63) is 65.0 Å².